The van der Waals surface area contributed by atoms with Gasteiger partial charge < -0.3 is 29.7 Å². The Labute approximate surface area is 86.0 Å². The summed E-state index contributed by atoms with van der Waals surface area (Å²) in [7, 11) is 0. The first kappa shape index (κ1) is 22.7. The molecule has 0 rings (SSSR count). The monoisotopic (exact) mass is 233 g/mol. The Morgan fingerprint density at radius 2 is 0.692 bits per heavy atom. The first-order valence-corrected chi connectivity index (χ1v) is 2.72. The van der Waals surface area contributed by atoms with E-state index in [1.54, 1.807) is 0 Å². The van der Waals surface area contributed by atoms with Crippen LogP contribution in [0.4, 0.5) is 0 Å². The third-order valence-electron chi connectivity index (χ3n) is 0. The van der Waals surface area contributed by atoms with Crippen molar-refractivity contribution in [2.45, 2.75) is 20.8 Å². The van der Waals surface area contributed by atoms with Gasteiger partial charge >= 0.3 is 0 Å². The number of rotatable bonds is 0. The molecule has 0 amide bonds. The maximum Gasteiger partial charge on any atom is 0.0383 e. The summed E-state index contributed by atoms with van der Waals surface area (Å²) < 4.78 is 0. The Morgan fingerprint density at radius 1 is 0.692 bits per heavy atom. The minimum atomic E-state index is -1.08. The molecule has 0 fully saturated rings. The molecular formula is C6H9FeO6-3. The van der Waals surface area contributed by atoms with Gasteiger partial charge in [-0.25, -0.2) is 0 Å². The van der Waals surface area contributed by atoms with Crippen LogP contribution in [0.25, 0.3) is 0 Å². The molecule has 0 saturated carbocycles. The van der Waals surface area contributed by atoms with Crippen LogP contribution in [-0.2, 0) is 31.5 Å². The van der Waals surface area contributed by atoms with Gasteiger partial charge in [0.15, 0.2) is 0 Å². The topological polar surface area (TPSA) is 120 Å². The van der Waals surface area contributed by atoms with Crippen LogP contribution in [-0.4, -0.2) is 17.9 Å². The smallest absolute Gasteiger partial charge is 0.0383 e. The molecule has 0 N–H and O–H groups in total. The van der Waals surface area contributed by atoms with Crippen molar-refractivity contribution < 1.29 is 46.8 Å². The van der Waals surface area contributed by atoms with E-state index in [0.717, 1.165) is 20.8 Å². The number of carboxylic acids is 3. The standard InChI is InChI=1S/3C2H4O2.Fe/c3*1-2(3)4;/h3*1H3,(H,3,4);/p-3. The van der Waals surface area contributed by atoms with Gasteiger partial charge in [-0.1, -0.05) is 0 Å². The number of carbonyl (C=O) groups excluding carboxylic acids is 3. The summed E-state index contributed by atoms with van der Waals surface area (Å²) in [5, 5.41) is 26.7. The molecule has 80 valence electrons. The molecule has 7 heteroatoms. The van der Waals surface area contributed by atoms with E-state index in [2.05, 4.69) is 0 Å². The molecule has 0 bridgehead atoms. The van der Waals surface area contributed by atoms with Crippen molar-refractivity contribution in [1.29, 1.82) is 0 Å². The summed E-state index contributed by atoms with van der Waals surface area (Å²) in [6, 6.07) is 0. The van der Waals surface area contributed by atoms with E-state index in [9.17, 15) is 0 Å². The summed E-state index contributed by atoms with van der Waals surface area (Å²) >= 11 is 0. The van der Waals surface area contributed by atoms with E-state index in [1.807, 2.05) is 0 Å². The molecule has 0 saturated heterocycles. The molecule has 0 aromatic rings. The zero-order valence-electron chi connectivity index (χ0n) is 7.30. The Morgan fingerprint density at radius 3 is 0.692 bits per heavy atom. The molecule has 13 heavy (non-hydrogen) atoms. The van der Waals surface area contributed by atoms with Gasteiger partial charge in [-0.05, 0) is 20.8 Å². The predicted octanol–water partition coefficient (Wildman–Crippen LogP) is -3.73. The zero-order valence-corrected chi connectivity index (χ0v) is 8.41. The van der Waals surface area contributed by atoms with Crippen molar-refractivity contribution in [3.63, 3.8) is 0 Å². The SMILES string of the molecule is CC(=O)[O-].CC(=O)[O-].CC(=O)[O-].[Fe]. The number of hydrogen-bond donors (Lipinski definition) is 0. The molecule has 0 spiro atoms. The van der Waals surface area contributed by atoms with Gasteiger partial charge in [-0.15, -0.1) is 0 Å². The first-order chi connectivity index (χ1) is 5.20. The van der Waals surface area contributed by atoms with Gasteiger partial charge in [0.1, 0.15) is 0 Å². The molecular weight excluding hydrogens is 224 g/mol. The average molecular weight is 233 g/mol. The summed E-state index contributed by atoms with van der Waals surface area (Å²) in [5.41, 5.74) is 0. The Hall–Kier alpha value is -1.07. The van der Waals surface area contributed by atoms with E-state index < -0.39 is 17.9 Å². The van der Waals surface area contributed by atoms with Crippen LogP contribution >= 0.6 is 0 Å². The third kappa shape index (κ3) is 760. The maximum atomic E-state index is 8.89. The van der Waals surface area contributed by atoms with Crippen molar-refractivity contribution in [3.8, 4) is 0 Å². The van der Waals surface area contributed by atoms with Crippen LogP contribution in [0.5, 0.6) is 0 Å². The molecule has 0 aliphatic rings. The van der Waals surface area contributed by atoms with Crippen LogP contribution in [0, 0.1) is 0 Å². The second-order valence-electron chi connectivity index (χ2n) is 1.47. The largest absolute Gasteiger partial charge is 0.550 e. The van der Waals surface area contributed by atoms with Crippen LogP contribution in [0.2, 0.25) is 0 Å². The van der Waals surface area contributed by atoms with Gasteiger partial charge in [0.05, 0.1) is 0 Å². The Kier molecular flexibility index (Phi) is 29.9. The van der Waals surface area contributed by atoms with Crippen molar-refractivity contribution in [1.82, 2.24) is 0 Å². The fraction of sp³-hybridized carbons (Fsp3) is 0.500. The quantitative estimate of drug-likeness (QED) is 0.396. The van der Waals surface area contributed by atoms with Gasteiger partial charge in [-0.2, -0.15) is 0 Å². The fourth-order valence-corrected chi connectivity index (χ4v) is 0. The van der Waals surface area contributed by atoms with Crippen molar-refractivity contribution in [2.75, 3.05) is 0 Å². The fourth-order valence-electron chi connectivity index (χ4n) is 0. The Bertz CT molecular complexity index is 115. The molecule has 0 aliphatic carbocycles. The van der Waals surface area contributed by atoms with E-state index in [1.165, 1.54) is 0 Å². The molecule has 0 unspecified atom stereocenters. The predicted molar refractivity (Wildman–Crippen MR) is 32.0 cm³/mol. The van der Waals surface area contributed by atoms with Gasteiger partial charge in [0.2, 0.25) is 0 Å². The van der Waals surface area contributed by atoms with Crippen molar-refractivity contribution >= 4 is 17.9 Å². The minimum Gasteiger partial charge on any atom is -0.550 e. The van der Waals surface area contributed by atoms with E-state index in [4.69, 9.17) is 29.7 Å². The second kappa shape index (κ2) is 17.1. The molecule has 0 radical (unpaired) electrons. The summed E-state index contributed by atoms with van der Waals surface area (Å²) in [4.78, 5) is 26.7. The van der Waals surface area contributed by atoms with Gasteiger partial charge in [-0.3, -0.25) is 0 Å². The summed E-state index contributed by atoms with van der Waals surface area (Å²) in [6.07, 6.45) is 0. The third-order valence-corrected chi connectivity index (χ3v) is 0. The number of carboxylic acid groups (broad SMARTS) is 3. The van der Waals surface area contributed by atoms with E-state index in [-0.39, 0.29) is 17.1 Å². The molecule has 0 heterocycles. The van der Waals surface area contributed by atoms with E-state index >= 15 is 0 Å². The maximum absolute atomic E-state index is 8.89. The van der Waals surface area contributed by atoms with E-state index in [0.29, 0.717) is 0 Å². The molecule has 0 aliphatic heterocycles. The van der Waals surface area contributed by atoms with Gasteiger partial charge in [0.25, 0.3) is 0 Å². The summed E-state index contributed by atoms with van der Waals surface area (Å²) in [6.45, 7) is 2.92. The Balaban J connectivity index is -0.0000000450. The van der Waals surface area contributed by atoms with Gasteiger partial charge in [0, 0.05) is 35.0 Å². The molecule has 6 nitrogen and oxygen atoms in total. The zero-order chi connectivity index (χ0) is 10.7. The summed E-state index contributed by atoms with van der Waals surface area (Å²) in [5.74, 6) is -3.25. The van der Waals surface area contributed by atoms with Crippen molar-refractivity contribution in [3.05, 3.63) is 0 Å². The average Bonchev–Trinajstić information content (AvgIpc) is 1.54. The van der Waals surface area contributed by atoms with Crippen LogP contribution in [0.1, 0.15) is 20.8 Å². The number of aliphatic carboxylic acids is 3. The first-order valence-electron chi connectivity index (χ1n) is 2.72. The molecule has 0 atom stereocenters. The van der Waals surface area contributed by atoms with Crippen LogP contribution < -0.4 is 15.3 Å². The molecule has 0 aromatic carbocycles. The molecule has 0 aromatic heterocycles. The second-order valence-corrected chi connectivity index (χ2v) is 1.47. The van der Waals surface area contributed by atoms with Crippen LogP contribution in [0.15, 0.2) is 0 Å². The number of carbonyl (C=O) groups is 3. The minimum absolute atomic E-state index is 0. The van der Waals surface area contributed by atoms with Crippen LogP contribution in [0.3, 0.4) is 0 Å². The number of hydrogen-bond acceptors (Lipinski definition) is 6. The van der Waals surface area contributed by atoms with Crippen molar-refractivity contribution in [2.24, 2.45) is 0 Å². The normalized spacial score (nSPS) is 5.77.